The predicted molar refractivity (Wildman–Crippen MR) is 33.0 cm³/mol. The monoisotopic (exact) mass is 141 g/mol. The normalized spacial score (nSPS) is 9.70. The van der Waals surface area contributed by atoms with Crippen molar-refractivity contribution in [3.05, 3.63) is 17.7 Å². The van der Waals surface area contributed by atoms with Crippen molar-refractivity contribution in [2.24, 2.45) is 5.73 Å². The summed E-state index contributed by atoms with van der Waals surface area (Å²) in [5, 5.41) is 8.51. The van der Waals surface area contributed by atoms with Crippen LogP contribution in [0.4, 0.5) is 0 Å². The van der Waals surface area contributed by atoms with E-state index in [4.69, 9.17) is 10.8 Å². The Bertz CT molecular complexity index is 243. The van der Waals surface area contributed by atoms with Gasteiger partial charge >= 0.3 is 0 Å². The maximum absolute atomic E-state index is 10.4. The van der Waals surface area contributed by atoms with Gasteiger partial charge in [-0.2, -0.15) is 0 Å². The van der Waals surface area contributed by atoms with Gasteiger partial charge in [0.15, 0.2) is 5.82 Å². The first-order valence-electron chi connectivity index (χ1n) is 2.68. The molecule has 4 N–H and O–H groups in total. The Morgan fingerprint density at radius 1 is 1.90 bits per heavy atom. The summed E-state index contributed by atoms with van der Waals surface area (Å²) < 4.78 is 0. The summed E-state index contributed by atoms with van der Waals surface area (Å²) in [6, 6.07) is 0. The number of rotatable bonds is 2. The third kappa shape index (κ3) is 1.14. The number of carbonyl (C=O) groups excluding carboxylic acids is 1. The lowest BCUT2D eigenvalue weighted by Gasteiger charge is -1.85. The van der Waals surface area contributed by atoms with Gasteiger partial charge in [0.25, 0.3) is 5.91 Å². The van der Waals surface area contributed by atoms with E-state index in [1.165, 1.54) is 6.20 Å². The number of primary amides is 1. The van der Waals surface area contributed by atoms with Crippen LogP contribution in [0.25, 0.3) is 0 Å². The van der Waals surface area contributed by atoms with E-state index in [-0.39, 0.29) is 12.4 Å². The van der Waals surface area contributed by atoms with Crippen molar-refractivity contribution in [3.8, 4) is 0 Å². The summed E-state index contributed by atoms with van der Waals surface area (Å²) in [4.78, 5) is 16.5. The number of amides is 1. The smallest absolute Gasteiger partial charge is 0.284 e. The Balaban J connectivity index is 2.88. The number of aromatic nitrogens is 2. The highest BCUT2D eigenvalue weighted by molar-refractivity contribution is 5.88. The molecule has 0 bridgehead atoms. The average Bonchev–Trinajstić information content (AvgIpc) is 2.34. The van der Waals surface area contributed by atoms with Crippen LogP contribution >= 0.6 is 0 Å². The second-order valence-electron chi connectivity index (χ2n) is 1.78. The Morgan fingerprint density at radius 3 is 2.90 bits per heavy atom. The van der Waals surface area contributed by atoms with Crippen LogP contribution in [-0.2, 0) is 6.61 Å². The van der Waals surface area contributed by atoms with Gasteiger partial charge in [0.2, 0.25) is 0 Å². The van der Waals surface area contributed by atoms with Gasteiger partial charge in [-0.15, -0.1) is 0 Å². The first-order chi connectivity index (χ1) is 4.74. The van der Waals surface area contributed by atoms with E-state index in [9.17, 15) is 4.79 Å². The van der Waals surface area contributed by atoms with Gasteiger partial charge < -0.3 is 15.8 Å². The van der Waals surface area contributed by atoms with E-state index < -0.39 is 5.91 Å². The Labute approximate surface area is 56.9 Å². The minimum Gasteiger partial charge on any atom is -0.390 e. The van der Waals surface area contributed by atoms with Crippen LogP contribution in [0.3, 0.4) is 0 Å². The molecule has 0 saturated heterocycles. The number of imidazole rings is 1. The molecule has 5 heteroatoms. The van der Waals surface area contributed by atoms with Crippen molar-refractivity contribution in [2.45, 2.75) is 6.61 Å². The fourth-order valence-corrected chi connectivity index (χ4v) is 0.565. The summed E-state index contributed by atoms with van der Waals surface area (Å²) in [5.41, 5.74) is 5.35. The highest BCUT2D eigenvalue weighted by Crippen LogP contribution is 1.94. The zero-order valence-corrected chi connectivity index (χ0v) is 5.16. The van der Waals surface area contributed by atoms with Gasteiger partial charge in [-0.25, -0.2) is 4.98 Å². The number of nitrogens with two attached hydrogens (primary N) is 1. The number of carbonyl (C=O) groups is 1. The quantitative estimate of drug-likeness (QED) is 0.493. The Morgan fingerprint density at radius 2 is 2.60 bits per heavy atom. The Kier molecular flexibility index (Phi) is 1.68. The predicted octanol–water partition coefficient (Wildman–Crippen LogP) is -0.999. The number of H-pyrrole nitrogens is 1. The molecule has 10 heavy (non-hydrogen) atoms. The molecule has 5 nitrogen and oxygen atoms in total. The molecule has 0 aliphatic rings. The van der Waals surface area contributed by atoms with E-state index in [0.717, 1.165) is 0 Å². The number of nitrogens with one attached hydrogen (secondary N) is 1. The van der Waals surface area contributed by atoms with Crippen LogP contribution in [0.2, 0.25) is 0 Å². The second-order valence-corrected chi connectivity index (χ2v) is 1.78. The van der Waals surface area contributed by atoms with E-state index in [0.29, 0.717) is 5.69 Å². The number of aliphatic hydroxyl groups excluding tert-OH is 1. The Hall–Kier alpha value is -1.36. The largest absolute Gasteiger partial charge is 0.390 e. The summed E-state index contributed by atoms with van der Waals surface area (Å²) >= 11 is 0. The molecule has 0 unspecified atom stereocenters. The van der Waals surface area contributed by atoms with Gasteiger partial charge in [-0.1, -0.05) is 0 Å². The SMILES string of the molecule is NC(=O)c1ncc(CO)[nH]1. The lowest BCUT2D eigenvalue weighted by Crippen LogP contribution is -2.12. The minimum atomic E-state index is -0.625. The number of hydrogen-bond acceptors (Lipinski definition) is 3. The first-order valence-corrected chi connectivity index (χ1v) is 2.68. The van der Waals surface area contributed by atoms with Crippen LogP contribution in [0, 0.1) is 0 Å². The number of hydrogen-bond donors (Lipinski definition) is 3. The molecule has 0 aliphatic carbocycles. The molecule has 1 aromatic rings. The third-order valence-electron chi connectivity index (χ3n) is 1.03. The molecule has 0 radical (unpaired) electrons. The van der Waals surface area contributed by atoms with Crippen molar-refractivity contribution in [2.75, 3.05) is 0 Å². The van der Waals surface area contributed by atoms with Gasteiger partial charge in [-0.3, -0.25) is 4.79 Å². The molecule has 0 saturated carbocycles. The fraction of sp³-hybridized carbons (Fsp3) is 0.200. The summed E-state index contributed by atoms with van der Waals surface area (Å²) in [6.45, 7) is -0.166. The van der Waals surface area contributed by atoms with Crippen LogP contribution in [-0.4, -0.2) is 21.0 Å². The molecule has 0 aromatic carbocycles. The first kappa shape index (κ1) is 6.76. The molecular weight excluding hydrogens is 134 g/mol. The molecule has 1 rings (SSSR count). The van der Waals surface area contributed by atoms with Crippen LogP contribution in [0.15, 0.2) is 6.20 Å². The van der Waals surface area contributed by atoms with E-state index in [2.05, 4.69) is 9.97 Å². The minimum absolute atomic E-state index is 0.0732. The second kappa shape index (κ2) is 2.49. The van der Waals surface area contributed by atoms with E-state index in [1.54, 1.807) is 0 Å². The maximum Gasteiger partial charge on any atom is 0.284 e. The van der Waals surface area contributed by atoms with Gasteiger partial charge in [-0.05, 0) is 0 Å². The highest BCUT2D eigenvalue weighted by atomic mass is 16.3. The molecule has 0 aliphatic heterocycles. The molecular formula is C5H7N3O2. The van der Waals surface area contributed by atoms with Crippen molar-refractivity contribution < 1.29 is 9.90 Å². The van der Waals surface area contributed by atoms with Gasteiger partial charge in [0.05, 0.1) is 18.5 Å². The fourth-order valence-electron chi connectivity index (χ4n) is 0.565. The van der Waals surface area contributed by atoms with Crippen molar-refractivity contribution in [1.29, 1.82) is 0 Å². The van der Waals surface area contributed by atoms with Crippen molar-refractivity contribution in [1.82, 2.24) is 9.97 Å². The maximum atomic E-state index is 10.4. The van der Waals surface area contributed by atoms with Crippen molar-refractivity contribution >= 4 is 5.91 Å². The highest BCUT2D eigenvalue weighted by Gasteiger charge is 2.03. The van der Waals surface area contributed by atoms with Crippen LogP contribution in [0.5, 0.6) is 0 Å². The van der Waals surface area contributed by atoms with Gasteiger partial charge in [0, 0.05) is 0 Å². The number of aromatic amines is 1. The molecule has 0 fully saturated rings. The molecule has 54 valence electrons. The van der Waals surface area contributed by atoms with Crippen LogP contribution < -0.4 is 5.73 Å². The zero-order valence-electron chi connectivity index (χ0n) is 5.16. The average molecular weight is 141 g/mol. The summed E-state index contributed by atoms with van der Waals surface area (Å²) in [7, 11) is 0. The van der Waals surface area contributed by atoms with Crippen molar-refractivity contribution in [3.63, 3.8) is 0 Å². The zero-order chi connectivity index (χ0) is 7.56. The van der Waals surface area contributed by atoms with E-state index in [1.807, 2.05) is 0 Å². The van der Waals surface area contributed by atoms with E-state index >= 15 is 0 Å². The summed E-state index contributed by atoms with van der Waals surface area (Å²) in [6.07, 6.45) is 1.36. The number of aliphatic hydroxyl groups is 1. The lowest BCUT2D eigenvalue weighted by molar-refractivity contribution is 0.0991. The summed E-state index contributed by atoms with van der Waals surface area (Å²) in [5.74, 6) is -0.552. The van der Waals surface area contributed by atoms with Gasteiger partial charge in [0.1, 0.15) is 0 Å². The third-order valence-corrected chi connectivity index (χ3v) is 1.03. The molecule has 0 atom stereocenters. The molecule has 1 heterocycles. The lowest BCUT2D eigenvalue weighted by atomic mass is 10.5. The number of nitrogens with zero attached hydrogens (tertiary/aromatic N) is 1. The molecule has 1 amide bonds. The standard InChI is InChI=1S/C5H7N3O2/c6-4(10)5-7-1-3(2-9)8-5/h1,9H,2H2,(H2,6,10)(H,7,8). The van der Waals surface area contributed by atoms with Crippen LogP contribution in [0.1, 0.15) is 16.3 Å². The molecule has 1 aromatic heterocycles. The topological polar surface area (TPSA) is 92.0 Å². The molecule has 0 spiro atoms.